The lowest BCUT2D eigenvalue weighted by Crippen LogP contribution is -2.40. The molecule has 7 heteroatoms. The summed E-state index contributed by atoms with van der Waals surface area (Å²) in [4.78, 5) is 23.5. The summed E-state index contributed by atoms with van der Waals surface area (Å²) >= 11 is 0. The van der Waals surface area contributed by atoms with Gasteiger partial charge in [-0.15, -0.1) is 0 Å². The number of pyridine rings is 1. The van der Waals surface area contributed by atoms with Crippen molar-refractivity contribution in [3.8, 4) is 0 Å². The summed E-state index contributed by atoms with van der Waals surface area (Å²) in [6.07, 6.45) is 1.55. The van der Waals surface area contributed by atoms with Crippen LogP contribution in [0.2, 0.25) is 0 Å². The Hall–Kier alpha value is -2.54. The standard InChI is InChI=1S/C16H21N3O4/c1-10-7-14(20)19(4)8-12(10)18-15(21)17-9-16(3,22)13-6-5-11(2)23-13/h5-8,22H,9H2,1-4H3,(H2,17,18,21). The van der Waals surface area contributed by atoms with Crippen molar-refractivity contribution in [3.63, 3.8) is 0 Å². The van der Waals surface area contributed by atoms with E-state index in [9.17, 15) is 14.7 Å². The van der Waals surface area contributed by atoms with Crippen molar-refractivity contribution >= 4 is 11.7 Å². The van der Waals surface area contributed by atoms with E-state index in [4.69, 9.17) is 4.42 Å². The molecule has 2 aromatic rings. The molecule has 2 heterocycles. The van der Waals surface area contributed by atoms with Crippen LogP contribution < -0.4 is 16.2 Å². The van der Waals surface area contributed by atoms with E-state index in [0.29, 0.717) is 22.8 Å². The van der Waals surface area contributed by atoms with E-state index in [1.807, 2.05) is 0 Å². The van der Waals surface area contributed by atoms with Gasteiger partial charge in [-0.3, -0.25) is 4.79 Å². The van der Waals surface area contributed by atoms with E-state index in [-0.39, 0.29) is 12.1 Å². The van der Waals surface area contributed by atoms with Crippen LogP contribution in [-0.4, -0.2) is 22.2 Å². The molecular weight excluding hydrogens is 298 g/mol. The van der Waals surface area contributed by atoms with Gasteiger partial charge in [-0.25, -0.2) is 4.79 Å². The van der Waals surface area contributed by atoms with Crippen LogP contribution in [0, 0.1) is 13.8 Å². The number of hydrogen-bond acceptors (Lipinski definition) is 4. The zero-order valence-corrected chi connectivity index (χ0v) is 13.6. The van der Waals surface area contributed by atoms with Crippen molar-refractivity contribution in [1.82, 2.24) is 9.88 Å². The molecule has 0 saturated carbocycles. The molecule has 0 saturated heterocycles. The number of rotatable bonds is 4. The summed E-state index contributed by atoms with van der Waals surface area (Å²) in [5.41, 5.74) is -0.274. The van der Waals surface area contributed by atoms with Gasteiger partial charge in [0.05, 0.1) is 12.2 Å². The van der Waals surface area contributed by atoms with Gasteiger partial charge < -0.3 is 24.7 Å². The quantitative estimate of drug-likeness (QED) is 0.798. The van der Waals surface area contributed by atoms with Crippen LogP contribution in [0.3, 0.4) is 0 Å². The Morgan fingerprint density at radius 3 is 2.70 bits per heavy atom. The number of aromatic nitrogens is 1. The Labute approximate surface area is 133 Å². The number of nitrogens with one attached hydrogen (secondary N) is 2. The van der Waals surface area contributed by atoms with Crippen LogP contribution in [0.1, 0.15) is 24.0 Å². The monoisotopic (exact) mass is 319 g/mol. The first kappa shape index (κ1) is 16.8. The molecule has 0 aliphatic rings. The van der Waals surface area contributed by atoms with Crippen LogP contribution in [0.15, 0.2) is 33.6 Å². The number of aliphatic hydroxyl groups is 1. The molecule has 0 bridgehead atoms. The number of urea groups is 1. The maximum Gasteiger partial charge on any atom is 0.319 e. The molecule has 23 heavy (non-hydrogen) atoms. The lowest BCUT2D eigenvalue weighted by atomic mass is 10.0. The minimum Gasteiger partial charge on any atom is -0.463 e. The molecule has 0 fully saturated rings. The third-order valence-electron chi connectivity index (χ3n) is 3.55. The van der Waals surface area contributed by atoms with Gasteiger partial charge in [0.2, 0.25) is 0 Å². The average Bonchev–Trinajstić information content (AvgIpc) is 2.90. The van der Waals surface area contributed by atoms with Crippen LogP contribution in [0.4, 0.5) is 10.5 Å². The fraction of sp³-hybridized carbons (Fsp3) is 0.375. The van der Waals surface area contributed by atoms with Crippen molar-refractivity contribution < 1.29 is 14.3 Å². The minimum absolute atomic E-state index is 0.0173. The summed E-state index contributed by atoms with van der Waals surface area (Å²) < 4.78 is 6.77. The topological polar surface area (TPSA) is 96.5 Å². The first-order chi connectivity index (χ1) is 10.7. The van der Waals surface area contributed by atoms with Crippen molar-refractivity contribution in [2.75, 3.05) is 11.9 Å². The lowest BCUT2D eigenvalue weighted by Gasteiger charge is -2.21. The lowest BCUT2D eigenvalue weighted by molar-refractivity contribution is 0.0364. The smallest absolute Gasteiger partial charge is 0.319 e. The third kappa shape index (κ3) is 4.01. The molecule has 0 aliphatic carbocycles. The Morgan fingerprint density at radius 2 is 2.09 bits per heavy atom. The number of carbonyl (C=O) groups is 1. The fourth-order valence-corrected chi connectivity index (χ4v) is 2.08. The summed E-state index contributed by atoms with van der Waals surface area (Å²) in [5, 5.41) is 15.6. The van der Waals surface area contributed by atoms with E-state index >= 15 is 0 Å². The number of carbonyl (C=O) groups excluding carboxylic acids is 1. The second-order valence-electron chi connectivity index (χ2n) is 5.81. The normalized spacial score (nSPS) is 13.4. The second-order valence-corrected chi connectivity index (χ2v) is 5.81. The van der Waals surface area contributed by atoms with Crippen LogP contribution in [0.5, 0.6) is 0 Å². The van der Waals surface area contributed by atoms with E-state index in [1.54, 1.807) is 46.1 Å². The van der Waals surface area contributed by atoms with Gasteiger partial charge in [0.1, 0.15) is 17.1 Å². The molecule has 124 valence electrons. The molecule has 2 aromatic heterocycles. The van der Waals surface area contributed by atoms with Gasteiger partial charge in [0.15, 0.2) is 0 Å². The molecule has 0 radical (unpaired) electrons. The Bertz CT molecular complexity index is 774. The van der Waals surface area contributed by atoms with Crippen LogP contribution in [-0.2, 0) is 12.6 Å². The number of amides is 2. The van der Waals surface area contributed by atoms with Crippen molar-refractivity contribution in [2.45, 2.75) is 26.4 Å². The average molecular weight is 319 g/mol. The van der Waals surface area contributed by atoms with Crippen LogP contribution >= 0.6 is 0 Å². The van der Waals surface area contributed by atoms with E-state index in [1.165, 1.54) is 10.6 Å². The zero-order chi connectivity index (χ0) is 17.2. The third-order valence-corrected chi connectivity index (χ3v) is 3.55. The first-order valence-electron chi connectivity index (χ1n) is 7.20. The van der Waals surface area contributed by atoms with E-state index in [2.05, 4.69) is 10.6 Å². The van der Waals surface area contributed by atoms with Crippen molar-refractivity contribution in [1.29, 1.82) is 0 Å². The van der Waals surface area contributed by atoms with Gasteiger partial charge in [-0.1, -0.05) is 0 Å². The highest BCUT2D eigenvalue weighted by molar-refractivity contribution is 5.89. The summed E-state index contributed by atoms with van der Waals surface area (Å²) in [6.45, 7) is 5.06. The number of anilines is 1. The van der Waals surface area contributed by atoms with Gasteiger partial charge in [0.25, 0.3) is 5.56 Å². The first-order valence-corrected chi connectivity index (χ1v) is 7.20. The van der Waals surface area contributed by atoms with E-state index < -0.39 is 11.6 Å². The molecule has 1 atom stereocenters. The summed E-state index contributed by atoms with van der Waals surface area (Å²) in [6, 6.07) is 4.39. The number of furan rings is 1. The molecule has 0 spiro atoms. The molecular formula is C16H21N3O4. The highest BCUT2D eigenvalue weighted by Gasteiger charge is 2.27. The maximum absolute atomic E-state index is 12.0. The number of hydrogen-bond donors (Lipinski definition) is 3. The number of nitrogens with zero attached hydrogens (tertiary/aromatic N) is 1. The zero-order valence-electron chi connectivity index (χ0n) is 13.6. The Morgan fingerprint density at radius 1 is 1.39 bits per heavy atom. The van der Waals surface area contributed by atoms with Gasteiger partial charge >= 0.3 is 6.03 Å². The largest absolute Gasteiger partial charge is 0.463 e. The molecule has 2 amide bonds. The van der Waals surface area contributed by atoms with Crippen molar-refractivity contribution in [2.24, 2.45) is 7.05 Å². The Kier molecular flexibility index (Phi) is 4.60. The van der Waals surface area contributed by atoms with Gasteiger partial charge in [-0.2, -0.15) is 0 Å². The minimum atomic E-state index is -1.32. The molecule has 1 unspecified atom stereocenters. The van der Waals surface area contributed by atoms with Crippen LogP contribution in [0.25, 0.3) is 0 Å². The number of aryl methyl sites for hydroxylation is 3. The fourth-order valence-electron chi connectivity index (χ4n) is 2.08. The molecule has 2 rings (SSSR count). The van der Waals surface area contributed by atoms with E-state index in [0.717, 1.165) is 0 Å². The summed E-state index contributed by atoms with van der Waals surface area (Å²) in [5.74, 6) is 1.07. The predicted octanol–water partition coefficient (Wildman–Crippen LogP) is 1.62. The highest BCUT2D eigenvalue weighted by Crippen LogP contribution is 2.22. The maximum atomic E-state index is 12.0. The molecule has 0 aromatic carbocycles. The second kappa shape index (κ2) is 6.29. The molecule has 7 nitrogen and oxygen atoms in total. The van der Waals surface area contributed by atoms with Crippen molar-refractivity contribution in [3.05, 3.63) is 51.8 Å². The molecule has 3 N–H and O–H groups in total. The van der Waals surface area contributed by atoms with Gasteiger partial charge in [0, 0.05) is 19.3 Å². The Balaban J connectivity index is 2.00. The molecule has 0 aliphatic heterocycles. The highest BCUT2D eigenvalue weighted by atomic mass is 16.4. The predicted molar refractivity (Wildman–Crippen MR) is 86.5 cm³/mol. The SMILES string of the molecule is Cc1ccc(C(C)(O)CNC(=O)Nc2cn(C)c(=O)cc2C)o1. The van der Waals surface area contributed by atoms with Gasteiger partial charge in [-0.05, 0) is 38.5 Å². The summed E-state index contributed by atoms with van der Waals surface area (Å²) in [7, 11) is 1.61.